The van der Waals surface area contributed by atoms with Crippen LogP contribution in [-0.2, 0) is 20.2 Å². The van der Waals surface area contributed by atoms with E-state index in [1.807, 2.05) is 60.7 Å². The van der Waals surface area contributed by atoms with Crippen molar-refractivity contribution >= 4 is 23.7 Å². The van der Waals surface area contributed by atoms with E-state index in [1.165, 1.54) is 11.1 Å². The molecule has 0 heterocycles. The Balaban J connectivity index is 1.68. The van der Waals surface area contributed by atoms with Crippen molar-refractivity contribution in [3.8, 4) is 5.75 Å². The molecule has 0 saturated carbocycles. The average molecular weight is 534 g/mol. The van der Waals surface area contributed by atoms with Crippen LogP contribution in [-0.4, -0.2) is 37.2 Å². The number of rotatable bonds is 9. The van der Waals surface area contributed by atoms with Gasteiger partial charge in [0.15, 0.2) is 7.14 Å². The van der Waals surface area contributed by atoms with E-state index in [4.69, 9.17) is 4.74 Å². The summed E-state index contributed by atoms with van der Waals surface area (Å²) in [6.45, 7) is 16.5. The fourth-order valence-corrected chi connectivity index (χ4v) is 7.13. The minimum absolute atomic E-state index is 0.0278. The summed E-state index contributed by atoms with van der Waals surface area (Å²) in [6.07, 6.45) is 0.660. The highest BCUT2D eigenvalue weighted by molar-refractivity contribution is 7.79. The Morgan fingerprint density at radius 1 is 0.842 bits per heavy atom. The van der Waals surface area contributed by atoms with E-state index in [0.717, 1.165) is 11.3 Å². The molecule has 3 aromatic carbocycles. The number of nitrogens with zero attached hydrogens (tertiary/aromatic N) is 1. The second kappa shape index (κ2) is 11.9. The molecule has 0 N–H and O–H groups in total. The molecule has 0 bridgehead atoms. The molecule has 0 radical (unpaired) electrons. The first-order chi connectivity index (χ1) is 17.7. The lowest BCUT2D eigenvalue weighted by Gasteiger charge is -2.29. The number of hydrogen-bond donors (Lipinski definition) is 0. The number of benzene rings is 3. The molecular formula is C33H44NO3P. The highest BCUT2D eigenvalue weighted by Gasteiger charge is 2.31. The van der Waals surface area contributed by atoms with Gasteiger partial charge in [-0.05, 0) is 35.3 Å². The molecule has 3 rings (SSSR count). The van der Waals surface area contributed by atoms with Gasteiger partial charge in [-0.25, -0.2) is 0 Å². The molecule has 0 aliphatic rings. The van der Waals surface area contributed by atoms with Crippen molar-refractivity contribution < 1.29 is 14.1 Å². The van der Waals surface area contributed by atoms with Gasteiger partial charge in [0.25, 0.3) is 0 Å². The highest BCUT2D eigenvalue weighted by Crippen LogP contribution is 2.43. The summed E-state index contributed by atoms with van der Waals surface area (Å²) < 4.78 is 20.6. The van der Waals surface area contributed by atoms with Crippen molar-refractivity contribution in [1.82, 2.24) is 4.90 Å². The average Bonchev–Trinajstić information content (AvgIpc) is 2.86. The predicted molar refractivity (Wildman–Crippen MR) is 161 cm³/mol. The molecule has 0 aromatic heterocycles. The standard InChI is InChI=1S/C33H44NO3P/c1-25-22-26(32(2,3)4)23-29(33(5,6)7)31(25)37-21-15-20-34(8)30(35)24-38(36,27-16-11-9-12-17-27)28-18-13-10-14-19-28/h9-14,16-19,22-23H,15,20-21,24H2,1-8H3. The number of carbonyl (C=O) groups is 1. The van der Waals surface area contributed by atoms with Crippen LogP contribution in [0.2, 0.25) is 0 Å². The molecule has 0 saturated heterocycles. The minimum atomic E-state index is -3.09. The smallest absolute Gasteiger partial charge is 0.230 e. The minimum Gasteiger partial charge on any atom is -0.493 e. The van der Waals surface area contributed by atoms with Crippen LogP contribution in [0.15, 0.2) is 72.8 Å². The summed E-state index contributed by atoms with van der Waals surface area (Å²) >= 11 is 0. The summed E-state index contributed by atoms with van der Waals surface area (Å²) in [4.78, 5) is 14.9. The van der Waals surface area contributed by atoms with E-state index in [0.29, 0.717) is 30.2 Å². The van der Waals surface area contributed by atoms with Crippen molar-refractivity contribution in [3.63, 3.8) is 0 Å². The summed E-state index contributed by atoms with van der Waals surface area (Å²) in [5, 5.41) is 1.42. The normalized spacial score (nSPS) is 12.3. The molecule has 1 amide bonds. The third-order valence-electron chi connectivity index (χ3n) is 6.96. The van der Waals surface area contributed by atoms with Crippen LogP contribution in [0.25, 0.3) is 0 Å². The van der Waals surface area contributed by atoms with Crippen LogP contribution >= 0.6 is 7.14 Å². The van der Waals surface area contributed by atoms with E-state index in [9.17, 15) is 9.36 Å². The van der Waals surface area contributed by atoms with Crippen LogP contribution in [0.1, 0.15) is 64.7 Å². The first kappa shape index (κ1) is 29.7. The number of aryl methyl sites for hydroxylation is 1. The lowest BCUT2D eigenvalue weighted by molar-refractivity contribution is -0.127. The Labute approximate surface area is 229 Å². The Hall–Kier alpha value is -2.84. The van der Waals surface area contributed by atoms with Gasteiger partial charge in [0.1, 0.15) is 5.75 Å². The largest absolute Gasteiger partial charge is 0.493 e. The van der Waals surface area contributed by atoms with Crippen molar-refractivity contribution in [3.05, 3.63) is 89.5 Å². The Bertz CT molecular complexity index is 1230. The summed E-state index contributed by atoms with van der Waals surface area (Å²) in [5.41, 5.74) is 3.66. The van der Waals surface area contributed by atoms with E-state index in [2.05, 4.69) is 60.6 Å². The van der Waals surface area contributed by atoms with Gasteiger partial charge in [-0.15, -0.1) is 0 Å². The van der Waals surface area contributed by atoms with E-state index in [1.54, 1.807) is 11.9 Å². The Morgan fingerprint density at radius 2 is 1.37 bits per heavy atom. The number of carbonyl (C=O) groups excluding carboxylic acids is 1. The maximum Gasteiger partial charge on any atom is 0.230 e. The second-order valence-electron chi connectivity index (χ2n) is 12.3. The van der Waals surface area contributed by atoms with E-state index < -0.39 is 7.14 Å². The number of ether oxygens (including phenoxy) is 1. The van der Waals surface area contributed by atoms with Gasteiger partial charge in [-0.3, -0.25) is 4.79 Å². The highest BCUT2D eigenvalue weighted by atomic mass is 31.2. The molecular weight excluding hydrogens is 489 g/mol. The maximum absolute atomic E-state index is 14.2. The molecule has 0 aliphatic heterocycles. The molecule has 4 nitrogen and oxygen atoms in total. The molecule has 0 atom stereocenters. The summed E-state index contributed by atoms with van der Waals surface area (Å²) in [7, 11) is -1.31. The molecule has 0 fully saturated rings. The number of hydrogen-bond acceptors (Lipinski definition) is 3. The van der Waals surface area contributed by atoms with Gasteiger partial charge >= 0.3 is 0 Å². The monoisotopic (exact) mass is 533 g/mol. The van der Waals surface area contributed by atoms with Gasteiger partial charge in [0.2, 0.25) is 5.91 Å². The van der Waals surface area contributed by atoms with Crippen LogP contribution in [0.5, 0.6) is 5.75 Å². The molecule has 204 valence electrons. The van der Waals surface area contributed by atoms with Crippen molar-refractivity contribution in [2.24, 2.45) is 0 Å². The van der Waals surface area contributed by atoms with Gasteiger partial charge in [-0.1, -0.05) is 114 Å². The zero-order chi connectivity index (χ0) is 28.1. The van der Waals surface area contributed by atoms with Crippen LogP contribution in [0, 0.1) is 6.92 Å². The molecule has 3 aromatic rings. The van der Waals surface area contributed by atoms with Gasteiger partial charge in [0.05, 0.1) is 12.8 Å². The zero-order valence-corrected chi connectivity index (χ0v) is 25.3. The van der Waals surface area contributed by atoms with Gasteiger partial charge in [-0.2, -0.15) is 0 Å². The van der Waals surface area contributed by atoms with Crippen LogP contribution in [0.4, 0.5) is 0 Å². The summed E-state index contributed by atoms with van der Waals surface area (Å²) in [5.74, 6) is 0.819. The lowest BCUT2D eigenvalue weighted by atomic mass is 9.79. The molecule has 0 unspecified atom stereocenters. The molecule has 38 heavy (non-hydrogen) atoms. The van der Waals surface area contributed by atoms with Crippen molar-refractivity contribution in [1.29, 1.82) is 0 Å². The lowest BCUT2D eigenvalue weighted by Crippen LogP contribution is -2.34. The van der Waals surface area contributed by atoms with Gasteiger partial charge in [0, 0.05) is 29.8 Å². The summed E-state index contributed by atoms with van der Waals surface area (Å²) in [6, 6.07) is 23.2. The predicted octanol–water partition coefficient (Wildman–Crippen LogP) is 6.83. The quantitative estimate of drug-likeness (QED) is 0.224. The second-order valence-corrected chi connectivity index (χ2v) is 15.1. The van der Waals surface area contributed by atoms with Crippen molar-refractivity contribution in [2.45, 2.75) is 65.7 Å². The Kier molecular flexibility index (Phi) is 9.31. The van der Waals surface area contributed by atoms with Gasteiger partial charge < -0.3 is 14.2 Å². The Morgan fingerprint density at radius 3 is 1.84 bits per heavy atom. The number of amides is 1. The fraction of sp³-hybridized carbons (Fsp3) is 0.424. The molecule has 5 heteroatoms. The first-order valence-corrected chi connectivity index (χ1v) is 15.4. The molecule has 0 aliphatic carbocycles. The van der Waals surface area contributed by atoms with Crippen molar-refractivity contribution in [2.75, 3.05) is 26.4 Å². The topological polar surface area (TPSA) is 46.6 Å². The molecule has 0 spiro atoms. The third-order valence-corrected chi connectivity index (χ3v) is 9.94. The van der Waals surface area contributed by atoms with Crippen LogP contribution in [0.3, 0.4) is 0 Å². The first-order valence-electron chi connectivity index (χ1n) is 13.5. The van der Waals surface area contributed by atoms with Crippen LogP contribution < -0.4 is 15.3 Å². The van der Waals surface area contributed by atoms with E-state index in [-0.39, 0.29) is 22.9 Å². The SMILES string of the molecule is Cc1cc(C(C)(C)C)cc(C(C)(C)C)c1OCCCN(C)C(=O)CP(=O)(c1ccccc1)c1ccccc1. The zero-order valence-electron chi connectivity index (χ0n) is 24.4. The fourth-order valence-electron chi connectivity index (χ4n) is 4.54. The third kappa shape index (κ3) is 7.17. The maximum atomic E-state index is 14.2. The van der Waals surface area contributed by atoms with E-state index >= 15 is 0 Å².